The van der Waals surface area contributed by atoms with E-state index in [4.69, 9.17) is 5.14 Å². The van der Waals surface area contributed by atoms with Gasteiger partial charge in [0.15, 0.2) is 0 Å². The van der Waals surface area contributed by atoms with Gasteiger partial charge in [0.05, 0.1) is 17.0 Å². The van der Waals surface area contributed by atoms with Crippen molar-refractivity contribution < 1.29 is 27.5 Å². The van der Waals surface area contributed by atoms with Gasteiger partial charge < -0.3 is 10.0 Å². The molecule has 1 aromatic carbocycles. The number of primary sulfonamides is 1. The van der Waals surface area contributed by atoms with Crippen LogP contribution in [0.4, 0.5) is 10.1 Å². The molecule has 1 unspecified atom stereocenters. The Hall–Kier alpha value is -1.52. The second-order valence-electron chi connectivity index (χ2n) is 4.99. The Bertz CT molecular complexity index is 752. The summed E-state index contributed by atoms with van der Waals surface area (Å²) in [6.45, 7) is -0.000223. The summed E-state index contributed by atoms with van der Waals surface area (Å²) in [5.74, 6) is -3.51. The van der Waals surface area contributed by atoms with Crippen LogP contribution < -0.4 is 10.0 Å². The number of hydrogen-bond donors (Lipinski definition) is 2. The molecular weight excluding hydrogens is 383 g/mol. The third-order valence-corrected chi connectivity index (χ3v) is 4.74. The zero-order valence-corrected chi connectivity index (χ0v) is 13.5. The van der Waals surface area contributed by atoms with Crippen molar-refractivity contribution in [2.24, 2.45) is 11.1 Å². The summed E-state index contributed by atoms with van der Waals surface area (Å²) in [6, 6.07) is 1.85. The maximum absolute atomic E-state index is 13.4. The number of aromatic carboxylic acids is 1. The van der Waals surface area contributed by atoms with Crippen molar-refractivity contribution in [3.63, 3.8) is 0 Å². The predicted octanol–water partition coefficient (Wildman–Crippen LogP) is 0.928. The number of benzene rings is 1. The van der Waals surface area contributed by atoms with Crippen molar-refractivity contribution in [2.45, 2.75) is 6.42 Å². The van der Waals surface area contributed by atoms with E-state index in [0.29, 0.717) is 0 Å². The topological polar surface area (TPSA) is 118 Å². The number of amides is 1. The first-order chi connectivity index (χ1) is 10.1. The molecule has 0 bridgehead atoms. The van der Waals surface area contributed by atoms with Gasteiger partial charge in [0.2, 0.25) is 15.9 Å². The summed E-state index contributed by atoms with van der Waals surface area (Å²) in [7, 11) is -3.75. The molecule has 120 valence electrons. The lowest BCUT2D eigenvalue weighted by Crippen LogP contribution is -2.29. The van der Waals surface area contributed by atoms with Gasteiger partial charge in [0, 0.05) is 23.4 Å². The molecule has 1 atom stereocenters. The molecule has 0 aromatic heterocycles. The average Bonchev–Trinajstić information content (AvgIpc) is 2.66. The smallest absolute Gasteiger partial charge is 0.337 e. The van der Waals surface area contributed by atoms with Crippen molar-refractivity contribution in [1.82, 2.24) is 0 Å². The lowest BCUT2D eigenvalue weighted by atomic mass is 10.1. The number of anilines is 1. The Labute approximate surface area is 134 Å². The fraction of sp³-hybridized carbons (Fsp3) is 0.333. The lowest BCUT2D eigenvalue weighted by Gasteiger charge is -2.20. The molecule has 0 saturated carbocycles. The van der Waals surface area contributed by atoms with Crippen LogP contribution in [0.5, 0.6) is 0 Å². The van der Waals surface area contributed by atoms with Crippen molar-refractivity contribution in [3.8, 4) is 0 Å². The van der Waals surface area contributed by atoms with Gasteiger partial charge in [-0.2, -0.15) is 0 Å². The zero-order chi connectivity index (χ0) is 16.7. The number of halogens is 2. The van der Waals surface area contributed by atoms with E-state index in [2.05, 4.69) is 15.9 Å². The minimum atomic E-state index is -3.75. The number of nitrogens with zero attached hydrogens (tertiary/aromatic N) is 1. The second-order valence-corrected chi connectivity index (χ2v) is 7.51. The number of rotatable bonds is 4. The first kappa shape index (κ1) is 16.8. The van der Waals surface area contributed by atoms with Gasteiger partial charge in [-0.1, -0.05) is 0 Å². The summed E-state index contributed by atoms with van der Waals surface area (Å²) < 4.78 is 35.7. The van der Waals surface area contributed by atoms with E-state index in [1.807, 2.05) is 0 Å². The molecule has 7 nitrogen and oxygen atoms in total. The van der Waals surface area contributed by atoms with E-state index in [0.717, 1.165) is 17.0 Å². The van der Waals surface area contributed by atoms with Crippen LogP contribution in [0.1, 0.15) is 16.8 Å². The Morgan fingerprint density at radius 3 is 2.68 bits per heavy atom. The SMILES string of the molecule is NS(=O)(=O)CC1CC(=O)N(c2c(Br)cc(F)cc2C(=O)O)C1. The van der Waals surface area contributed by atoms with Crippen molar-refractivity contribution >= 4 is 43.5 Å². The maximum atomic E-state index is 13.4. The number of carbonyl (C=O) groups excluding carboxylic acids is 1. The number of hydrogen-bond acceptors (Lipinski definition) is 4. The minimum Gasteiger partial charge on any atom is -0.478 e. The molecule has 3 N–H and O–H groups in total. The number of sulfonamides is 1. The van der Waals surface area contributed by atoms with Gasteiger partial charge in [-0.3, -0.25) is 4.79 Å². The molecule has 0 spiro atoms. The molecule has 1 aromatic rings. The second kappa shape index (κ2) is 5.94. The molecule has 2 rings (SSSR count). The molecule has 10 heteroatoms. The van der Waals surface area contributed by atoms with Crippen LogP contribution in [0, 0.1) is 11.7 Å². The maximum Gasteiger partial charge on any atom is 0.337 e. The van der Waals surface area contributed by atoms with Gasteiger partial charge in [0.1, 0.15) is 5.82 Å². The molecule has 1 amide bonds. The van der Waals surface area contributed by atoms with E-state index in [1.54, 1.807) is 0 Å². The highest BCUT2D eigenvalue weighted by Gasteiger charge is 2.35. The first-order valence-electron chi connectivity index (χ1n) is 6.11. The molecule has 1 saturated heterocycles. The van der Waals surface area contributed by atoms with Crippen molar-refractivity contribution in [1.29, 1.82) is 0 Å². The van der Waals surface area contributed by atoms with Crippen molar-refractivity contribution in [2.75, 3.05) is 17.2 Å². The minimum absolute atomic E-state index is 0.000223. The number of carbonyl (C=O) groups is 2. The number of carboxylic acids is 1. The van der Waals surface area contributed by atoms with Crippen LogP contribution in [-0.2, 0) is 14.8 Å². The highest BCUT2D eigenvalue weighted by molar-refractivity contribution is 9.10. The quantitative estimate of drug-likeness (QED) is 0.787. The van der Waals surface area contributed by atoms with E-state index < -0.39 is 33.6 Å². The van der Waals surface area contributed by atoms with Gasteiger partial charge in [-0.15, -0.1) is 0 Å². The summed E-state index contributed by atoms with van der Waals surface area (Å²) in [6.07, 6.45) is -0.0701. The molecule has 0 aliphatic carbocycles. The van der Waals surface area contributed by atoms with E-state index in [1.165, 1.54) is 0 Å². The van der Waals surface area contributed by atoms with Crippen LogP contribution in [0.25, 0.3) is 0 Å². The molecule has 1 aliphatic heterocycles. The summed E-state index contributed by atoms with van der Waals surface area (Å²) in [5.41, 5.74) is -0.368. The molecule has 1 fully saturated rings. The van der Waals surface area contributed by atoms with Gasteiger partial charge >= 0.3 is 5.97 Å². The summed E-state index contributed by atoms with van der Waals surface area (Å²) in [5, 5.41) is 14.1. The third kappa shape index (κ3) is 3.62. The molecular formula is C12H12BrFN2O5S. The van der Waals surface area contributed by atoms with Gasteiger partial charge in [0.25, 0.3) is 0 Å². The summed E-state index contributed by atoms with van der Waals surface area (Å²) >= 11 is 3.04. The average molecular weight is 395 g/mol. The molecule has 22 heavy (non-hydrogen) atoms. The van der Waals surface area contributed by atoms with Gasteiger partial charge in [-0.05, 0) is 28.1 Å². The zero-order valence-electron chi connectivity index (χ0n) is 11.1. The van der Waals surface area contributed by atoms with Crippen LogP contribution >= 0.6 is 15.9 Å². The standard InChI is InChI=1S/C12H12BrFN2O5S/c13-9-3-7(14)2-8(12(18)19)11(9)16-4-6(1-10(16)17)5-22(15,20)21/h2-3,6H,1,4-5H2,(H,18,19)(H2,15,20,21). The van der Waals surface area contributed by atoms with E-state index >= 15 is 0 Å². The summed E-state index contributed by atoms with van der Waals surface area (Å²) in [4.78, 5) is 24.5. The normalized spacial score (nSPS) is 18.8. The number of carboxylic acid groups (broad SMARTS) is 1. The Morgan fingerprint density at radius 1 is 1.50 bits per heavy atom. The third-order valence-electron chi connectivity index (χ3n) is 3.20. The highest BCUT2D eigenvalue weighted by Crippen LogP contribution is 2.35. The first-order valence-corrected chi connectivity index (χ1v) is 8.62. The monoisotopic (exact) mass is 394 g/mol. The predicted molar refractivity (Wildman–Crippen MR) is 79.5 cm³/mol. The van der Waals surface area contributed by atoms with E-state index in [-0.39, 0.29) is 34.4 Å². The number of nitrogens with two attached hydrogens (primary N) is 1. The van der Waals surface area contributed by atoms with E-state index in [9.17, 15) is 27.5 Å². The molecule has 1 aliphatic rings. The Kier molecular flexibility index (Phi) is 4.54. The molecule has 0 radical (unpaired) electrons. The highest BCUT2D eigenvalue weighted by atomic mass is 79.9. The fourth-order valence-corrected chi connectivity index (χ4v) is 3.97. The fourth-order valence-electron chi connectivity index (χ4n) is 2.44. The van der Waals surface area contributed by atoms with Crippen molar-refractivity contribution in [3.05, 3.63) is 28.0 Å². The Morgan fingerprint density at radius 2 is 2.14 bits per heavy atom. The van der Waals surface area contributed by atoms with Crippen LogP contribution in [-0.4, -0.2) is 37.7 Å². The van der Waals surface area contributed by atoms with Crippen LogP contribution in [0.15, 0.2) is 16.6 Å². The lowest BCUT2D eigenvalue weighted by molar-refractivity contribution is -0.117. The van der Waals surface area contributed by atoms with Gasteiger partial charge in [-0.25, -0.2) is 22.7 Å². The van der Waals surface area contributed by atoms with Crippen LogP contribution in [0.2, 0.25) is 0 Å². The Balaban J connectivity index is 2.40. The molecule has 1 heterocycles. The van der Waals surface area contributed by atoms with Crippen LogP contribution in [0.3, 0.4) is 0 Å². The largest absolute Gasteiger partial charge is 0.478 e.